The standard InChI is InChI=1S/C18H24N4OS/c1-12(2)15-10-21(7-5-16(23)22(15)9-13-3-4-13)17-14-6-8-24-18(14)20-11-19-17/h6,8,11-13,15H,3-5,7,9-10H2,1-2H3. The minimum absolute atomic E-state index is 0.254. The van der Waals surface area contributed by atoms with Crippen LogP contribution in [-0.4, -0.2) is 46.5 Å². The molecule has 1 atom stereocenters. The summed E-state index contributed by atoms with van der Waals surface area (Å²) in [6.45, 7) is 6.99. The number of hydrogen-bond donors (Lipinski definition) is 0. The number of aromatic nitrogens is 2. The third-order valence-corrected chi connectivity index (χ3v) is 6.01. The topological polar surface area (TPSA) is 49.3 Å². The number of amides is 1. The molecule has 24 heavy (non-hydrogen) atoms. The third-order valence-electron chi connectivity index (χ3n) is 5.19. The van der Waals surface area contributed by atoms with Crippen molar-refractivity contribution in [3.05, 3.63) is 17.8 Å². The first kappa shape index (κ1) is 15.8. The third kappa shape index (κ3) is 2.99. The number of carbonyl (C=O) groups is 1. The van der Waals surface area contributed by atoms with Crippen molar-refractivity contribution in [2.24, 2.45) is 11.8 Å². The van der Waals surface area contributed by atoms with Crippen LogP contribution in [0.25, 0.3) is 10.2 Å². The molecular formula is C18H24N4OS. The van der Waals surface area contributed by atoms with Crippen LogP contribution < -0.4 is 4.90 Å². The molecule has 3 heterocycles. The number of hydrogen-bond acceptors (Lipinski definition) is 5. The maximum Gasteiger partial charge on any atom is 0.224 e. The van der Waals surface area contributed by atoms with Crippen molar-refractivity contribution in [3.8, 4) is 0 Å². The molecule has 5 nitrogen and oxygen atoms in total. The molecule has 2 aliphatic rings. The zero-order valence-electron chi connectivity index (χ0n) is 14.3. The molecule has 1 aliphatic carbocycles. The van der Waals surface area contributed by atoms with Crippen LogP contribution in [0.4, 0.5) is 5.82 Å². The molecule has 2 fully saturated rings. The van der Waals surface area contributed by atoms with Gasteiger partial charge in [-0.05, 0) is 36.1 Å². The fraction of sp³-hybridized carbons (Fsp3) is 0.611. The van der Waals surface area contributed by atoms with Crippen molar-refractivity contribution < 1.29 is 4.79 Å². The largest absolute Gasteiger partial charge is 0.353 e. The predicted molar refractivity (Wildman–Crippen MR) is 97.3 cm³/mol. The number of thiophene rings is 1. The Balaban J connectivity index is 1.65. The molecule has 1 saturated carbocycles. The highest BCUT2D eigenvalue weighted by molar-refractivity contribution is 7.16. The minimum Gasteiger partial charge on any atom is -0.353 e. The van der Waals surface area contributed by atoms with Gasteiger partial charge in [0.2, 0.25) is 5.91 Å². The van der Waals surface area contributed by atoms with Gasteiger partial charge in [0.05, 0.1) is 11.4 Å². The lowest BCUT2D eigenvalue weighted by Gasteiger charge is -2.35. The first-order valence-corrected chi connectivity index (χ1v) is 9.74. The maximum absolute atomic E-state index is 12.8. The summed E-state index contributed by atoms with van der Waals surface area (Å²) in [5.74, 6) is 2.45. The summed E-state index contributed by atoms with van der Waals surface area (Å²) in [5.41, 5.74) is 0. The van der Waals surface area contributed by atoms with Gasteiger partial charge in [0.15, 0.2) is 0 Å². The second kappa shape index (κ2) is 6.31. The second-order valence-corrected chi connectivity index (χ2v) is 8.23. The molecule has 0 N–H and O–H groups in total. The van der Waals surface area contributed by atoms with Crippen LogP contribution in [0.3, 0.4) is 0 Å². The molecule has 0 aromatic carbocycles. The van der Waals surface area contributed by atoms with Crippen LogP contribution in [0.5, 0.6) is 0 Å². The fourth-order valence-corrected chi connectivity index (χ4v) is 4.31. The number of nitrogens with zero attached hydrogens (tertiary/aromatic N) is 4. The average Bonchev–Trinajstić information content (AvgIpc) is 3.28. The molecule has 0 spiro atoms. The van der Waals surface area contributed by atoms with E-state index in [1.807, 2.05) is 0 Å². The summed E-state index contributed by atoms with van der Waals surface area (Å²) in [4.78, 5) is 27.1. The summed E-state index contributed by atoms with van der Waals surface area (Å²) in [6.07, 6.45) is 4.78. The van der Waals surface area contributed by atoms with Crippen LogP contribution in [0.1, 0.15) is 33.1 Å². The highest BCUT2D eigenvalue weighted by atomic mass is 32.1. The highest BCUT2D eigenvalue weighted by Gasteiger charge is 2.36. The monoisotopic (exact) mass is 344 g/mol. The first-order valence-electron chi connectivity index (χ1n) is 8.86. The molecular weight excluding hydrogens is 320 g/mol. The molecule has 2 aromatic heterocycles. The Morgan fingerprint density at radius 1 is 1.33 bits per heavy atom. The Bertz CT molecular complexity index is 739. The lowest BCUT2D eigenvalue weighted by molar-refractivity contribution is -0.133. The van der Waals surface area contributed by atoms with Crippen LogP contribution in [-0.2, 0) is 4.79 Å². The fourth-order valence-electron chi connectivity index (χ4n) is 3.58. The number of rotatable bonds is 4. The average molecular weight is 344 g/mol. The van der Waals surface area contributed by atoms with E-state index in [1.54, 1.807) is 17.7 Å². The maximum atomic E-state index is 12.8. The van der Waals surface area contributed by atoms with Gasteiger partial charge < -0.3 is 9.80 Å². The lowest BCUT2D eigenvalue weighted by atomic mass is 10.0. The molecule has 1 amide bonds. The molecule has 1 unspecified atom stereocenters. The van der Waals surface area contributed by atoms with E-state index in [9.17, 15) is 4.79 Å². The Morgan fingerprint density at radius 3 is 2.92 bits per heavy atom. The lowest BCUT2D eigenvalue weighted by Crippen LogP contribution is -2.47. The van der Waals surface area contributed by atoms with Crippen molar-refractivity contribution in [1.29, 1.82) is 0 Å². The minimum atomic E-state index is 0.254. The van der Waals surface area contributed by atoms with Gasteiger partial charge in [-0.2, -0.15) is 0 Å². The normalized spacial score (nSPS) is 22.5. The van der Waals surface area contributed by atoms with Crippen LogP contribution in [0.2, 0.25) is 0 Å². The summed E-state index contributed by atoms with van der Waals surface area (Å²) in [5, 5.41) is 3.17. The van der Waals surface area contributed by atoms with Crippen LogP contribution >= 0.6 is 11.3 Å². The van der Waals surface area contributed by atoms with Gasteiger partial charge in [-0.25, -0.2) is 9.97 Å². The summed E-state index contributed by atoms with van der Waals surface area (Å²) in [7, 11) is 0. The van der Waals surface area contributed by atoms with Gasteiger partial charge in [0, 0.05) is 26.1 Å². The predicted octanol–water partition coefficient (Wildman–Crippen LogP) is 3.16. The summed E-state index contributed by atoms with van der Waals surface area (Å²) < 4.78 is 0. The van der Waals surface area contributed by atoms with Gasteiger partial charge in [-0.3, -0.25) is 4.79 Å². The highest BCUT2D eigenvalue weighted by Crippen LogP contribution is 2.33. The summed E-state index contributed by atoms with van der Waals surface area (Å²) in [6, 6.07) is 2.35. The molecule has 2 aromatic rings. The Morgan fingerprint density at radius 2 is 2.17 bits per heavy atom. The van der Waals surface area contributed by atoms with Crippen molar-refractivity contribution in [2.75, 3.05) is 24.5 Å². The molecule has 4 rings (SSSR count). The van der Waals surface area contributed by atoms with E-state index in [-0.39, 0.29) is 6.04 Å². The quantitative estimate of drug-likeness (QED) is 0.855. The van der Waals surface area contributed by atoms with Crippen molar-refractivity contribution in [1.82, 2.24) is 14.9 Å². The molecule has 0 radical (unpaired) electrons. The molecule has 6 heteroatoms. The van der Waals surface area contributed by atoms with E-state index in [4.69, 9.17) is 0 Å². The van der Waals surface area contributed by atoms with E-state index in [0.717, 1.165) is 41.6 Å². The van der Waals surface area contributed by atoms with Crippen molar-refractivity contribution in [2.45, 2.75) is 39.2 Å². The first-order chi connectivity index (χ1) is 11.6. The zero-order valence-corrected chi connectivity index (χ0v) is 15.1. The molecule has 1 aliphatic heterocycles. The Hall–Kier alpha value is -1.69. The van der Waals surface area contributed by atoms with Gasteiger partial charge in [-0.15, -0.1) is 11.3 Å². The van der Waals surface area contributed by atoms with E-state index >= 15 is 0 Å². The number of fused-ring (bicyclic) bond motifs is 1. The second-order valence-electron chi connectivity index (χ2n) is 7.33. The van der Waals surface area contributed by atoms with Gasteiger partial charge in [-0.1, -0.05) is 13.8 Å². The molecule has 128 valence electrons. The van der Waals surface area contributed by atoms with Gasteiger partial charge in [0.25, 0.3) is 0 Å². The van der Waals surface area contributed by atoms with E-state index in [0.29, 0.717) is 18.2 Å². The van der Waals surface area contributed by atoms with Crippen molar-refractivity contribution >= 4 is 33.3 Å². The molecule has 1 saturated heterocycles. The number of carbonyl (C=O) groups excluding carboxylic acids is 1. The van der Waals surface area contributed by atoms with Gasteiger partial charge in [0.1, 0.15) is 17.0 Å². The smallest absolute Gasteiger partial charge is 0.224 e. The van der Waals surface area contributed by atoms with E-state index in [1.165, 1.54) is 12.8 Å². The van der Waals surface area contributed by atoms with Crippen LogP contribution in [0.15, 0.2) is 17.8 Å². The van der Waals surface area contributed by atoms with Gasteiger partial charge >= 0.3 is 0 Å². The van der Waals surface area contributed by atoms with E-state index in [2.05, 4.69) is 45.1 Å². The zero-order chi connectivity index (χ0) is 16.7. The number of anilines is 1. The van der Waals surface area contributed by atoms with Crippen LogP contribution in [0, 0.1) is 11.8 Å². The SMILES string of the molecule is CC(C)C1CN(c2ncnc3sccc23)CCC(=O)N1CC1CC1. The summed E-state index contributed by atoms with van der Waals surface area (Å²) >= 11 is 1.64. The molecule has 0 bridgehead atoms. The Kier molecular flexibility index (Phi) is 4.16. The van der Waals surface area contributed by atoms with Crippen molar-refractivity contribution in [3.63, 3.8) is 0 Å². The Labute approximate surface area is 146 Å². The van der Waals surface area contributed by atoms with E-state index < -0.39 is 0 Å².